The first-order chi connectivity index (χ1) is 14.6. The predicted molar refractivity (Wildman–Crippen MR) is 122 cm³/mol. The summed E-state index contributed by atoms with van der Waals surface area (Å²) in [4.78, 5) is 0. The van der Waals surface area contributed by atoms with Crippen LogP contribution >= 0.6 is 11.6 Å². The van der Waals surface area contributed by atoms with E-state index >= 15 is 0 Å². The molecule has 0 aromatic heterocycles. The second-order valence-electron chi connectivity index (χ2n) is 7.10. The van der Waals surface area contributed by atoms with Crippen LogP contribution in [0.25, 0.3) is 0 Å². The van der Waals surface area contributed by atoms with E-state index in [0.29, 0.717) is 29.7 Å². The van der Waals surface area contributed by atoms with Gasteiger partial charge < -0.3 is 19.5 Å². The Bertz CT molecular complexity index is 957. The normalized spacial score (nSPS) is 10.7. The fraction of sp³-hybridized carbons (Fsp3) is 0.280. The highest BCUT2D eigenvalue weighted by Gasteiger charge is 2.13. The fourth-order valence-electron chi connectivity index (χ4n) is 3.19. The molecular weight excluding hydrogens is 398 g/mol. The third-order valence-electron chi connectivity index (χ3n) is 5.00. The van der Waals surface area contributed by atoms with E-state index in [-0.39, 0.29) is 0 Å². The number of hydrogen-bond acceptors (Lipinski definition) is 4. The van der Waals surface area contributed by atoms with Gasteiger partial charge in [0, 0.05) is 6.54 Å². The van der Waals surface area contributed by atoms with Crippen molar-refractivity contribution in [3.05, 3.63) is 87.9 Å². The Kier molecular flexibility index (Phi) is 8.00. The predicted octanol–water partition coefficient (Wildman–Crippen LogP) is 5.58. The zero-order valence-electron chi connectivity index (χ0n) is 17.7. The topological polar surface area (TPSA) is 39.7 Å². The van der Waals surface area contributed by atoms with Crippen LogP contribution in [0.5, 0.6) is 17.2 Å². The molecule has 0 unspecified atom stereocenters. The molecule has 3 rings (SSSR count). The first kappa shape index (κ1) is 22.0. The minimum absolute atomic E-state index is 0.447. The van der Waals surface area contributed by atoms with Crippen LogP contribution in [0.2, 0.25) is 5.02 Å². The molecule has 3 aromatic rings. The van der Waals surface area contributed by atoms with Crippen molar-refractivity contribution >= 4 is 11.6 Å². The Balaban J connectivity index is 1.57. The molecule has 0 saturated carbocycles. The van der Waals surface area contributed by atoms with E-state index in [1.54, 1.807) is 14.2 Å². The highest BCUT2D eigenvalue weighted by molar-refractivity contribution is 6.32. The van der Waals surface area contributed by atoms with Crippen LogP contribution < -0.4 is 19.5 Å². The zero-order valence-corrected chi connectivity index (χ0v) is 18.5. The summed E-state index contributed by atoms with van der Waals surface area (Å²) in [5.74, 6) is 2.09. The monoisotopic (exact) mass is 425 g/mol. The highest BCUT2D eigenvalue weighted by atomic mass is 35.5. The first-order valence-electron chi connectivity index (χ1n) is 9.98. The second-order valence-corrected chi connectivity index (χ2v) is 7.51. The van der Waals surface area contributed by atoms with Gasteiger partial charge in [0.2, 0.25) is 0 Å². The third kappa shape index (κ3) is 5.91. The molecule has 0 spiro atoms. The van der Waals surface area contributed by atoms with Crippen molar-refractivity contribution in [2.45, 2.75) is 26.5 Å². The third-order valence-corrected chi connectivity index (χ3v) is 5.28. The van der Waals surface area contributed by atoms with Gasteiger partial charge in [-0.05, 0) is 66.4 Å². The molecule has 0 aliphatic rings. The SMILES string of the molecule is COc1ccc(CCNCc2cc(Cl)c(OCc3ccccc3C)c(OC)c2)cc1. The molecule has 0 aliphatic heterocycles. The molecule has 0 atom stereocenters. The molecule has 1 N–H and O–H groups in total. The molecule has 4 nitrogen and oxygen atoms in total. The Morgan fingerprint density at radius 1 is 0.900 bits per heavy atom. The lowest BCUT2D eigenvalue weighted by atomic mass is 10.1. The van der Waals surface area contributed by atoms with Gasteiger partial charge in [0.25, 0.3) is 0 Å². The van der Waals surface area contributed by atoms with Gasteiger partial charge >= 0.3 is 0 Å². The molecule has 0 bridgehead atoms. The van der Waals surface area contributed by atoms with Crippen LogP contribution in [0.1, 0.15) is 22.3 Å². The number of halogens is 1. The van der Waals surface area contributed by atoms with Gasteiger partial charge in [-0.25, -0.2) is 0 Å². The average Bonchev–Trinajstić information content (AvgIpc) is 2.77. The maximum atomic E-state index is 6.51. The van der Waals surface area contributed by atoms with Crippen LogP contribution in [0, 0.1) is 6.92 Å². The molecule has 0 heterocycles. The van der Waals surface area contributed by atoms with E-state index in [1.807, 2.05) is 36.4 Å². The van der Waals surface area contributed by atoms with E-state index in [2.05, 4.69) is 36.5 Å². The Labute approximate surface area is 183 Å². The van der Waals surface area contributed by atoms with E-state index < -0.39 is 0 Å². The summed E-state index contributed by atoms with van der Waals surface area (Å²) in [7, 11) is 3.31. The molecule has 0 radical (unpaired) electrons. The maximum Gasteiger partial charge on any atom is 0.180 e. The number of aryl methyl sites for hydroxylation is 1. The van der Waals surface area contributed by atoms with Crippen molar-refractivity contribution in [1.29, 1.82) is 0 Å². The highest BCUT2D eigenvalue weighted by Crippen LogP contribution is 2.37. The van der Waals surface area contributed by atoms with Gasteiger partial charge in [0.05, 0.1) is 19.2 Å². The largest absolute Gasteiger partial charge is 0.497 e. The first-order valence-corrected chi connectivity index (χ1v) is 10.4. The minimum atomic E-state index is 0.447. The van der Waals surface area contributed by atoms with E-state index in [0.717, 1.165) is 29.8 Å². The summed E-state index contributed by atoms with van der Waals surface area (Å²) in [5.41, 5.74) is 4.62. The van der Waals surface area contributed by atoms with Crippen LogP contribution in [0.3, 0.4) is 0 Å². The van der Waals surface area contributed by atoms with Crippen molar-refractivity contribution < 1.29 is 14.2 Å². The number of benzene rings is 3. The minimum Gasteiger partial charge on any atom is -0.497 e. The summed E-state index contributed by atoms with van der Waals surface area (Å²) < 4.78 is 16.7. The van der Waals surface area contributed by atoms with Crippen molar-refractivity contribution in [2.75, 3.05) is 20.8 Å². The molecule has 3 aromatic carbocycles. The molecule has 0 fully saturated rings. The van der Waals surface area contributed by atoms with Crippen molar-refractivity contribution in [3.63, 3.8) is 0 Å². The molecule has 5 heteroatoms. The number of ether oxygens (including phenoxy) is 3. The Morgan fingerprint density at radius 2 is 1.67 bits per heavy atom. The Hall–Kier alpha value is -2.69. The van der Waals surface area contributed by atoms with Crippen LogP contribution in [0.15, 0.2) is 60.7 Å². The van der Waals surface area contributed by atoms with Crippen molar-refractivity contribution in [1.82, 2.24) is 5.32 Å². The average molecular weight is 426 g/mol. The molecule has 30 heavy (non-hydrogen) atoms. The standard InChI is InChI=1S/C25H28ClNO3/c1-18-6-4-5-7-21(18)17-30-25-23(26)14-20(15-24(25)29-3)16-27-13-12-19-8-10-22(28-2)11-9-19/h4-11,14-15,27H,12-13,16-17H2,1-3H3. The zero-order chi connectivity index (χ0) is 21.3. The number of nitrogens with one attached hydrogen (secondary N) is 1. The molecule has 0 aliphatic carbocycles. The molecular formula is C25H28ClNO3. The van der Waals surface area contributed by atoms with Crippen molar-refractivity contribution in [3.8, 4) is 17.2 Å². The van der Waals surface area contributed by atoms with E-state index in [1.165, 1.54) is 11.1 Å². The van der Waals surface area contributed by atoms with Gasteiger partial charge in [-0.1, -0.05) is 48.0 Å². The van der Waals surface area contributed by atoms with E-state index in [4.69, 9.17) is 25.8 Å². The van der Waals surface area contributed by atoms with Gasteiger partial charge in [0.15, 0.2) is 11.5 Å². The van der Waals surface area contributed by atoms with Gasteiger partial charge in [-0.15, -0.1) is 0 Å². The summed E-state index contributed by atoms with van der Waals surface area (Å²) >= 11 is 6.51. The lowest BCUT2D eigenvalue weighted by Gasteiger charge is -2.15. The summed E-state index contributed by atoms with van der Waals surface area (Å²) in [6, 6.07) is 20.2. The number of hydrogen-bond donors (Lipinski definition) is 1. The summed E-state index contributed by atoms with van der Waals surface area (Å²) in [6.45, 7) is 4.07. The van der Waals surface area contributed by atoms with E-state index in [9.17, 15) is 0 Å². The van der Waals surface area contributed by atoms with Crippen LogP contribution in [-0.2, 0) is 19.6 Å². The van der Waals surface area contributed by atoms with Gasteiger partial charge in [-0.3, -0.25) is 0 Å². The van der Waals surface area contributed by atoms with Crippen molar-refractivity contribution in [2.24, 2.45) is 0 Å². The van der Waals surface area contributed by atoms with Gasteiger partial charge in [0.1, 0.15) is 12.4 Å². The lowest BCUT2D eigenvalue weighted by Crippen LogP contribution is -2.16. The van der Waals surface area contributed by atoms with Crippen LogP contribution in [0.4, 0.5) is 0 Å². The number of rotatable bonds is 10. The quantitative estimate of drug-likeness (QED) is 0.430. The fourth-order valence-corrected chi connectivity index (χ4v) is 3.48. The molecule has 158 valence electrons. The smallest absolute Gasteiger partial charge is 0.180 e. The summed E-state index contributed by atoms with van der Waals surface area (Å²) in [5, 5.41) is 4.01. The molecule has 0 saturated heterocycles. The van der Waals surface area contributed by atoms with Crippen LogP contribution in [-0.4, -0.2) is 20.8 Å². The Morgan fingerprint density at radius 3 is 2.37 bits per heavy atom. The maximum absolute atomic E-state index is 6.51. The summed E-state index contributed by atoms with van der Waals surface area (Å²) in [6.07, 6.45) is 0.937. The second kappa shape index (κ2) is 10.9. The lowest BCUT2D eigenvalue weighted by molar-refractivity contribution is 0.284. The number of methoxy groups -OCH3 is 2. The molecule has 0 amide bonds. The van der Waals surface area contributed by atoms with Gasteiger partial charge in [-0.2, -0.15) is 0 Å².